The lowest BCUT2D eigenvalue weighted by Gasteiger charge is -2.27. The zero-order chi connectivity index (χ0) is 57.0. The van der Waals surface area contributed by atoms with Crippen LogP contribution >= 0.6 is 0 Å². The predicted octanol–water partition coefficient (Wildman–Crippen LogP) is -3.45. The fourth-order valence-corrected chi connectivity index (χ4v) is 7.82. The number of para-hydroxylation sites is 1. The van der Waals surface area contributed by atoms with Gasteiger partial charge in [0.15, 0.2) is 11.9 Å². The molecule has 2 aromatic carbocycles. The van der Waals surface area contributed by atoms with E-state index in [4.69, 9.17) is 34.4 Å². The smallest absolute Gasteiger partial charge is 0.243 e. The number of hydrogen-bond donors (Lipinski definition) is 15. The molecule has 0 saturated carbocycles. The van der Waals surface area contributed by atoms with E-state index in [1.807, 2.05) is 31.2 Å². The highest BCUT2D eigenvalue weighted by Crippen LogP contribution is 2.20. The number of guanidine groups is 2. The van der Waals surface area contributed by atoms with Crippen molar-refractivity contribution in [2.75, 3.05) is 19.6 Å². The Balaban J connectivity index is 0.00000208. The number of aromatic nitrogens is 1. The van der Waals surface area contributed by atoms with E-state index in [0.717, 1.165) is 23.9 Å². The van der Waals surface area contributed by atoms with E-state index >= 15 is 0 Å². The molecule has 1 fully saturated rings. The van der Waals surface area contributed by atoms with Gasteiger partial charge in [-0.05, 0) is 69.1 Å². The minimum absolute atomic E-state index is 0.00443. The fraction of sp³-hybridized carbons (Fsp3) is 0.480. The van der Waals surface area contributed by atoms with Crippen molar-refractivity contribution in [1.29, 1.82) is 0 Å². The van der Waals surface area contributed by atoms with Gasteiger partial charge in [-0.1, -0.05) is 55.5 Å². The van der Waals surface area contributed by atoms with Crippen LogP contribution in [0.3, 0.4) is 0 Å². The third kappa shape index (κ3) is 23.1. The van der Waals surface area contributed by atoms with Crippen LogP contribution in [0.15, 0.2) is 70.8 Å². The maximum absolute atomic E-state index is 14.2. The van der Waals surface area contributed by atoms with Crippen LogP contribution in [0.4, 0.5) is 0 Å². The van der Waals surface area contributed by atoms with E-state index in [2.05, 4.69) is 57.5 Å². The molecule has 4 rings (SSSR count). The van der Waals surface area contributed by atoms with Gasteiger partial charge in [-0.2, -0.15) is 0 Å². The van der Waals surface area contributed by atoms with Gasteiger partial charge in [0.1, 0.15) is 42.3 Å². The molecule has 0 radical (unpaired) electrons. The van der Waals surface area contributed by atoms with Crippen molar-refractivity contribution in [2.45, 2.75) is 134 Å². The Kier molecular flexibility index (Phi) is 26.4. The number of primary amides is 2. The van der Waals surface area contributed by atoms with Crippen molar-refractivity contribution in [1.82, 2.24) is 47.5 Å². The topological polar surface area (TPSA) is 464 Å². The molecule has 21 N–H and O–H groups in total. The zero-order valence-corrected chi connectivity index (χ0v) is 43.7. The lowest BCUT2D eigenvalue weighted by molar-refractivity contribution is -0.136. The Morgan fingerprint density at radius 3 is 1.96 bits per heavy atom. The van der Waals surface area contributed by atoms with Crippen LogP contribution in [-0.4, -0.2) is 138 Å². The minimum atomic E-state index is -1.68. The average Bonchev–Trinajstić information content (AvgIpc) is 3.78. The first-order valence-electron chi connectivity index (χ1n) is 25.2. The number of nitrogens with one attached hydrogen (secondary N) is 9. The monoisotopic (exact) mass is 1070 g/mol. The van der Waals surface area contributed by atoms with Crippen molar-refractivity contribution < 1.29 is 47.9 Å². The van der Waals surface area contributed by atoms with E-state index in [0.29, 0.717) is 11.1 Å². The Labute approximate surface area is 445 Å². The number of rotatable bonds is 17. The summed E-state index contributed by atoms with van der Waals surface area (Å²) in [6.45, 7) is 5.40. The van der Waals surface area contributed by atoms with Gasteiger partial charge in [0, 0.05) is 62.9 Å². The Morgan fingerprint density at radius 2 is 1.32 bits per heavy atom. The van der Waals surface area contributed by atoms with Crippen molar-refractivity contribution in [3.8, 4) is 0 Å². The average molecular weight is 1070 g/mol. The maximum Gasteiger partial charge on any atom is 0.243 e. The number of carbonyl (C=O) groups is 10. The number of nitrogens with two attached hydrogens (primary N) is 6. The van der Waals surface area contributed by atoms with Crippen molar-refractivity contribution in [3.05, 3.63) is 71.9 Å². The molecule has 27 heteroatoms. The maximum atomic E-state index is 14.2. The molecule has 7 atom stereocenters. The molecule has 420 valence electrons. The van der Waals surface area contributed by atoms with Gasteiger partial charge in [-0.25, -0.2) is 0 Å². The van der Waals surface area contributed by atoms with E-state index in [1.165, 1.54) is 13.8 Å². The first-order chi connectivity index (χ1) is 36.6. The summed E-state index contributed by atoms with van der Waals surface area (Å²) in [5.74, 6) is -8.31. The molecular formula is C50H75N17O10. The van der Waals surface area contributed by atoms with Gasteiger partial charge in [0.25, 0.3) is 0 Å². The molecular weight excluding hydrogens is 999 g/mol. The molecule has 1 saturated heterocycles. The SMILES string of the molecule is CC(=O)N[C@@H](CCCN=C(N)N)C(=O)NC1CC(=O)NCCCCC(C(N)=O)NC(=O)[C@H](Cc2c[nH]c3ccccc23)NC(=O)C(C)NC(=O)C(Cc2ccccc2)NC(=O)[C@H](CCC(N)=O)NC1=O.CCCN=C(N)N. The number of nitrogens with zero attached hydrogens (tertiary/aromatic N) is 2. The molecule has 10 amide bonds. The summed E-state index contributed by atoms with van der Waals surface area (Å²) in [4.78, 5) is 145. The standard InChI is InChI=1S/C46H64N14O10.C4H11N3/c1-25-40(65)58-35(22-28-24-53-30-14-7-6-13-29(28)30)44(69)56-31(39(48)64)15-8-9-19-51-38(63)23-36(60-41(66)32(55-26(2)61)16-10-20-52-46(49)50)45(70)57-33(17-18-37(47)62)42(67)59-34(43(68)54-25)21-27-11-4-3-5-12-27;1-2-3-7-4(5)6/h3-7,11-14,24-25,31-36,53H,8-10,15-23H2,1-2H3,(H2,47,62)(H2,48,64)(H,51,63)(H,54,68)(H,55,61)(H,56,69)(H,57,70)(H,58,65)(H,59,67)(H,60,66)(H4,49,50,52);2-3H2,1H3,(H4,5,6,7)/t25?,31?,32-,33-,34?,35-,36?;/m0./s1. The fourth-order valence-electron chi connectivity index (χ4n) is 7.82. The molecule has 1 aromatic heterocycles. The first-order valence-corrected chi connectivity index (χ1v) is 25.2. The number of aromatic amines is 1. The van der Waals surface area contributed by atoms with E-state index in [1.54, 1.807) is 36.5 Å². The zero-order valence-electron chi connectivity index (χ0n) is 43.7. The van der Waals surface area contributed by atoms with E-state index in [9.17, 15) is 47.9 Å². The van der Waals surface area contributed by atoms with Crippen LogP contribution in [0.1, 0.15) is 89.7 Å². The van der Waals surface area contributed by atoms with Crippen molar-refractivity contribution in [3.63, 3.8) is 0 Å². The number of amides is 10. The summed E-state index contributed by atoms with van der Waals surface area (Å²) < 4.78 is 0. The van der Waals surface area contributed by atoms with E-state index in [-0.39, 0.29) is 76.4 Å². The van der Waals surface area contributed by atoms with Gasteiger partial charge in [0.05, 0.1) is 6.42 Å². The summed E-state index contributed by atoms with van der Waals surface area (Å²) in [7, 11) is 0. The van der Waals surface area contributed by atoms with Crippen LogP contribution in [0.2, 0.25) is 0 Å². The molecule has 4 unspecified atom stereocenters. The number of benzene rings is 2. The summed E-state index contributed by atoms with van der Waals surface area (Å²) in [6, 6.07) is 6.11. The quantitative estimate of drug-likeness (QED) is 0.0355. The van der Waals surface area contributed by atoms with Crippen molar-refractivity contribution >= 4 is 81.9 Å². The Hall–Kier alpha value is -8.78. The van der Waals surface area contributed by atoms with Crippen LogP contribution in [-0.2, 0) is 60.8 Å². The third-order valence-corrected chi connectivity index (χ3v) is 11.8. The predicted molar refractivity (Wildman–Crippen MR) is 287 cm³/mol. The molecule has 0 aliphatic carbocycles. The molecule has 2 heterocycles. The highest BCUT2D eigenvalue weighted by molar-refractivity contribution is 5.99. The second-order valence-corrected chi connectivity index (χ2v) is 18.3. The number of carbonyl (C=O) groups excluding carboxylic acids is 10. The lowest BCUT2D eigenvalue weighted by Crippen LogP contribution is -2.60. The molecule has 1 aliphatic rings. The highest BCUT2D eigenvalue weighted by Gasteiger charge is 2.34. The van der Waals surface area contributed by atoms with Crippen LogP contribution in [0.25, 0.3) is 10.9 Å². The summed E-state index contributed by atoms with van der Waals surface area (Å²) >= 11 is 0. The van der Waals surface area contributed by atoms with Crippen molar-refractivity contribution in [2.24, 2.45) is 44.4 Å². The largest absolute Gasteiger partial charge is 0.370 e. The second-order valence-electron chi connectivity index (χ2n) is 18.3. The number of fused-ring (bicyclic) bond motifs is 1. The Bertz CT molecular complexity index is 2560. The number of H-pyrrole nitrogens is 1. The molecule has 0 bridgehead atoms. The van der Waals surface area contributed by atoms with Crippen LogP contribution < -0.4 is 76.9 Å². The molecule has 3 aromatic rings. The second kappa shape index (κ2) is 32.5. The third-order valence-electron chi connectivity index (χ3n) is 11.8. The normalized spacial score (nSPS) is 20.6. The molecule has 0 spiro atoms. The van der Waals surface area contributed by atoms with Gasteiger partial charge in [0.2, 0.25) is 59.1 Å². The van der Waals surface area contributed by atoms with Gasteiger partial charge >= 0.3 is 0 Å². The lowest BCUT2D eigenvalue weighted by atomic mass is 10.0. The number of hydrogen-bond acceptors (Lipinski definition) is 12. The summed E-state index contributed by atoms with van der Waals surface area (Å²) in [6.07, 6.45) is 1.78. The molecule has 27 nitrogen and oxygen atoms in total. The summed E-state index contributed by atoms with van der Waals surface area (Å²) in [5.41, 5.74) is 34.0. The van der Waals surface area contributed by atoms with Crippen LogP contribution in [0.5, 0.6) is 0 Å². The number of aliphatic imine (C=N–C) groups is 2. The van der Waals surface area contributed by atoms with Gasteiger partial charge in [-0.3, -0.25) is 57.9 Å². The molecule has 1 aliphatic heterocycles. The first kappa shape index (κ1) is 62.5. The van der Waals surface area contributed by atoms with Gasteiger partial charge < -0.3 is 81.9 Å². The van der Waals surface area contributed by atoms with E-state index < -0.39 is 114 Å². The Morgan fingerprint density at radius 1 is 0.714 bits per heavy atom. The highest BCUT2D eigenvalue weighted by atomic mass is 16.2. The minimum Gasteiger partial charge on any atom is -0.370 e. The van der Waals surface area contributed by atoms with Crippen LogP contribution in [0, 0.1) is 0 Å². The summed E-state index contributed by atoms with van der Waals surface area (Å²) in [5, 5.41) is 21.4. The molecule has 77 heavy (non-hydrogen) atoms. The van der Waals surface area contributed by atoms with Gasteiger partial charge in [-0.15, -0.1) is 0 Å².